The quantitative estimate of drug-likeness (QED) is 0.369. The fourth-order valence-electron chi connectivity index (χ4n) is 2.69. The predicted molar refractivity (Wildman–Crippen MR) is 104 cm³/mol. The van der Waals surface area contributed by atoms with E-state index in [2.05, 4.69) is 18.7 Å². The Balaban J connectivity index is 1.95. The number of fused-ring (bicyclic) bond motifs is 1. The summed E-state index contributed by atoms with van der Waals surface area (Å²) in [6.45, 7) is 5.89. The number of nitrogens with zero attached hydrogens (tertiary/aromatic N) is 1. The number of allylic oxidation sites excluding steroid dienone is 1. The molecule has 3 aromatic rings. The number of rotatable bonds is 6. The van der Waals surface area contributed by atoms with E-state index in [1.165, 1.54) is 17.4 Å². The smallest absolute Gasteiger partial charge is 0.347 e. The lowest BCUT2D eigenvalue weighted by atomic mass is 10.1. The molecule has 0 radical (unpaired) electrons. The number of benzene rings is 1. The van der Waals surface area contributed by atoms with Crippen molar-refractivity contribution in [2.75, 3.05) is 18.0 Å². The number of hydrogen-bond donors (Lipinski definition) is 0. The maximum absolute atomic E-state index is 12.3. The van der Waals surface area contributed by atoms with Crippen molar-refractivity contribution in [3.05, 3.63) is 68.7 Å². The van der Waals surface area contributed by atoms with Crippen LogP contribution in [0, 0.1) is 0 Å². The zero-order valence-corrected chi connectivity index (χ0v) is 15.0. The highest BCUT2D eigenvalue weighted by molar-refractivity contribution is 7.10. The maximum Gasteiger partial charge on any atom is 0.347 e. The van der Waals surface area contributed by atoms with Gasteiger partial charge in [0.1, 0.15) is 11.1 Å². The summed E-state index contributed by atoms with van der Waals surface area (Å²) in [5.41, 5.74) is 0.937. The lowest BCUT2D eigenvalue weighted by Crippen LogP contribution is -2.21. The molecule has 128 valence electrons. The average molecular weight is 353 g/mol. The molecule has 4 nitrogen and oxygen atoms in total. The Labute approximate surface area is 150 Å². The molecule has 0 aliphatic carbocycles. The van der Waals surface area contributed by atoms with Gasteiger partial charge >= 0.3 is 5.63 Å². The van der Waals surface area contributed by atoms with Crippen molar-refractivity contribution in [3.8, 4) is 0 Å². The SMILES string of the molecule is CCN(CC)c1ccc2cc(C(=O)/C=C/c3cccs3)c(=O)oc2c1. The molecule has 25 heavy (non-hydrogen) atoms. The molecular formula is C20H19NO3S. The largest absolute Gasteiger partial charge is 0.422 e. The molecule has 0 fully saturated rings. The predicted octanol–water partition coefficient (Wildman–Crippen LogP) is 4.60. The van der Waals surface area contributed by atoms with E-state index in [4.69, 9.17) is 4.42 Å². The van der Waals surface area contributed by atoms with Crippen molar-refractivity contribution in [1.82, 2.24) is 0 Å². The third kappa shape index (κ3) is 3.72. The zero-order valence-electron chi connectivity index (χ0n) is 14.2. The van der Waals surface area contributed by atoms with Gasteiger partial charge in [-0.05, 0) is 55.6 Å². The number of carbonyl (C=O) groups is 1. The van der Waals surface area contributed by atoms with Crippen LogP contribution in [-0.2, 0) is 0 Å². The molecule has 0 bridgehead atoms. The Hall–Kier alpha value is -2.66. The lowest BCUT2D eigenvalue weighted by Gasteiger charge is -2.20. The van der Waals surface area contributed by atoms with Crippen molar-refractivity contribution in [1.29, 1.82) is 0 Å². The van der Waals surface area contributed by atoms with Crippen LogP contribution in [0.15, 0.2) is 57.1 Å². The van der Waals surface area contributed by atoms with Crippen LogP contribution >= 0.6 is 11.3 Å². The van der Waals surface area contributed by atoms with E-state index in [1.807, 2.05) is 35.7 Å². The third-order valence-electron chi connectivity index (χ3n) is 4.06. The van der Waals surface area contributed by atoms with Crippen molar-refractivity contribution >= 4 is 39.9 Å². The Kier molecular flexibility index (Phi) is 5.14. The first-order valence-electron chi connectivity index (χ1n) is 8.21. The topological polar surface area (TPSA) is 50.5 Å². The van der Waals surface area contributed by atoms with Gasteiger partial charge in [-0.25, -0.2) is 4.79 Å². The number of hydrogen-bond acceptors (Lipinski definition) is 5. The highest BCUT2D eigenvalue weighted by Gasteiger charge is 2.12. The van der Waals surface area contributed by atoms with E-state index < -0.39 is 5.63 Å². The summed E-state index contributed by atoms with van der Waals surface area (Å²) >= 11 is 1.53. The summed E-state index contributed by atoms with van der Waals surface area (Å²) in [5.74, 6) is -0.350. The Morgan fingerprint density at radius 3 is 2.68 bits per heavy atom. The van der Waals surface area contributed by atoms with Gasteiger partial charge in [0.05, 0.1) is 0 Å². The van der Waals surface area contributed by atoms with Crippen LogP contribution in [0.25, 0.3) is 17.0 Å². The minimum absolute atomic E-state index is 0.0518. The number of anilines is 1. The molecule has 0 unspecified atom stereocenters. The second-order valence-corrected chi connectivity index (χ2v) is 6.53. The first kappa shape index (κ1) is 17.2. The molecular weight excluding hydrogens is 334 g/mol. The Bertz CT molecular complexity index is 966. The van der Waals surface area contributed by atoms with Crippen LogP contribution in [0.3, 0.4) is 0 Å². The van der Waals surface area contributed by atoms with Gasteiger partial charge in [0.15, 0.2) is 5.78 Å². The monoisotopic (exact) mass is 353 g/mol. The van der Waals surface area contributed by atoms with Gasteiger partial charge in [-0.15, -0.1) is 11.3 Å². The highest BCUT2D eigenvalue weighted by atomic mass is 32.1. The van der Waals surface area contributed by atoms with Gasteiger partial charge in [-0.1, -0.05) is 6.07 Å². The van der Waals surface area contributed by atoms with Gasteiger partial charge < -0.3 is 9.32 Å². The summed E-state index contributed by atoms with van der Waals surface area (Å²) < 4.78 is 5.40. The maximum atomic E-state index is 12.3. The molecule has 0 saturated heterocycles. The second-order valence-electron chi connectivity index (χ2n) is 5.55. The van der Waals surface area contributed by atoms with E-state index in [0.717, 1.165) is 29.0 Å². The van der Waals surface area contributed by atoms with Crippen LogP contribution in [-0.4, -0.2) is 18.9 Å². The summed E-state index contributed by atoms with van der Waals surface area (Å²) in [6, 6.07) is 11.1. The molecule has 2 heterocycles. The molecule has 0 N–H and O–H groups in total. The van der Waals surface area contributed by atoms with Crippen LogP contribution < -0.4 is 10.5 Å². The van der Waals surface area contributed by atoms with Crippen LogP contribution in [0.5, 0.6) is 0 Å². The average Bonchev–Trinajstić information content (AvgIpc) is 3.13. The molecule has 1 aromatic carbocycles. The van der Waals surface area contributed by atoms with Crippen LogP contribution in [0.1, 0.15) is 29.1 Å². The fourth-order valence-corrected chi connectivity index (χ4v) is 3.31. The number of ketones is 1. The molecule has 2 aromatic heterocycles. The normalized spacial score (nSPS) is 11.3. The minimum atomic E-state index is -0.606. The van der Waals surface area contributed by atoms with Crippen molar-refractivity contribution < 1.29 is 9.21 Å². The van der Waals surface area contributed by atoms with Gasteiger partial charge in [0.2, 0.25) is 0 Å². The molecule has 5 heteroatoms. The number of carbonyl (C=O) groups excluding carboxylic acids is 1. The Morgan fingerprint density at radius 1 is 1.20 bits per heavy atom. The van der Waals surface area contributed by atoms with E-state index in [-0.39, 0.29) is 11.3 Å². The lowest BCUT2D eigenvalue weighted by molar-refractivity contribution is 0.104. The molecule has 3 rings (SSSR count). The zero-order chi connectivity index (χ0) is 17.8. The Morgan fingerprint density at radius 2 is 2.00 bits per heavy atom. The van der Waals surface area contributed by atoms with E-state index in [1.54, 1.807) is 12.1 Å². The van der Waals surface area contributed by atoms with Crippen molar-refractivity contribution in [3.63, 3.8) is 0 Å². The number of thiophene rings is 1. The van der Waals surface area contributed by atoms with Crippen LogP contribution in [0.4, 0.5) is 5.69 Å². The van der Waals surface area contributed by atoms with E-state index in [0.29, 0.717) is 5.58 Å². The molecule has 0 atom stereocenters. The first-order chi connectivity index (χ1) is 12.1. The molecule has 0 spiro atoms. The molecule has 0 aliphatic rings. The fraction of sp³-hybridized carbons (Fsp3) is 0.200. The van der Waals surface area contributed by atoms with Gasteiger partial charge in [0, 0.05) is 35.1 Å². The van der Waals surface area contributed by atoms with Gasteiger partial charge in [0.25, 0.3) is 0 Å². The van der Waals surface area contributed by atoms with Crippen molar-refractivity contribution in [2.45, 2.75) is 13.8 Å². The molecule has 0 aliphatic heterocycles. The molecule has 0 amide bonds. The third-order valence-corrected chi connectivity index (χ3v) is 4.89. The summed E-state index contributed by atoms with van der Waals surface area (Å²) in [7, 11) is 0. The summed E-state index contributed by atoms with van der Waals surface area (Å²) in [5, 5.41) is 2.67. The van der Waals surface area contributed by atoms with Gasteiger partial charge in [-0.2, -0.15) is 0 Å². The summed E-state index contributed by atoms with van der Waals surface area (Å²) in [6.07, 6.45) is 3.12. The minimum Gasteiger partial charge on any atom is -0.422 e. The van der Waals surface area contributed by atoms with Gasteiger partial charge in [-0.3, -0.25) is 4.79 Å². The van der Waals surface area contributed by atoms with E-state index in [9.17, 15) is 9.59 Å². The molecule has 0 saturated carbocycles. The van der Waals surface area contributed by atoms with E-state index >= 15 is 0 Å². The van der Waals surface area contributed by atoms with Crippen molar-refractivity contribution in [2.24, 2.45) is 0 Å². The summed E-state index contributed by atoms with van der Waals surface area (Å²) in [4.78, 5) is 27.7. The standard InChI is InChI=1S/C20H19NO3S/c1-3-21(4-2)15-8-7-14-12-17(20(23)24-19(14)13-15)18(22)10-9-16-6-5-11-25-16/h5-13H,3-4H2,1-2H3/b10-9+. The first-order valence-corrected chi connectivity index (χ1v) is 9.09. The van der Waals surface area contributed by atoms with Crippen LogP contribution in [0.2, 0.25) is 0 Å². The second kappa shape index (κ2) is 7.49. The highest BCUT2D eigenvalue weighted by Crippen LogP contribution is 2.22.